The fourth-order valence-corrected chi connectivity index (χ4v) is 7.51. The van der Waals surface area contributed by atoms with E-state index >= 15 is 4.39 Å². The van der Waals surface area contributed by atoms with E-state index in [0.717, 1.165) is 35.3 Å². The molecule has 2 aliphatic rings. The number of thiazole rings is 1. The van der Waals surface area contributed by atoms with Crippen LogP contribution >= 0.6 is 11.3 Å². The Morgan fingerprint density at radius 2 is 1.89 bits per heavy atom. The summed E-state index contributed by atoms with van der Waals surface area (Å²) in [4.78, 5) is 38.3. The molecule has 0 radical (unpaired) electrons. The molecular weight excluding hydrogens is 582 g/mol. The molecule has 1 N–H and O–H groups in total. The van der Waals surface area contributed by atoms with Crippen molar-refractivity contribution in [2.45, 2.75) is 51.1 Å². The number of benzene rings is 2. The van der Waals surface area contributed by atoms with E-state index in [9.17, 15) is 14.0 Å². The van der Waals surface area contributed by atoms with Gasteiger partial charge in [0, 0.05) is 71.0 Å². The van der Waals surface area contributed by atoms with Crippen LogP contribution in [0.5, 0.6) is 0 Å². The van der Waals surface area contributed by atoms with Crippen LogP contribution in [0.1, 0.15) is 60.0 Å². The number of fused-ring (bicyclic) bond motifs is 2. The van der Waals surface area contributed by atoms with E-state index in [1.54, 1.807) is 42.5 Å². The van der Waals surface area contributed by atoms with Gasteiger partial charge in [0.2, 0.25) is 5.91 Å². The number of nitrogens with zero attached hydrogens (tertiary/aromatic N) is 3. The lowest BCUT2D eigenvalue weighted by Crippen LogP contribution is -2.24. The van der Waals surface area contributed by atoms with Crippen molar-refractivity contribution in [1.82, 2.24) is 15.3 Å². The third kappa shape index (κ3) is 4.68. The Kier molecular flexibility index (Phi) is 7.04. The number of carbonyl (C=O) groups is 2. The largest absolute Gasteiger partial charge is 0.455 e. The summed E-state index contributed by atoms with van der Waals surface area (Å²) in [6, 6.07) is 11.4. The second-order valence-electron chi connectivity index (χ2n) is 11.3. The number of furan rings is 1. The van der Waals surface area contributed by atoms with Crippen LogP contribution in [0.4, 0.5) is 14.5 Å². The number of pyridine rings is 1. The van der Waals surface area contributed by atoms with E-state index < -0.39 is 11.5 Å². The molecule has 224 valence electrons. The van der Waals surface area contributed by atoms with Gasteiger partial charge < -0.3 is 14.6 Å². The Morgan fingerprint density at radius 1 is 1.09 bits per heavy atom. The quantitative estimate of drug-likeness (QED) is 0.211. The first-order valence-corrected chi connectivity index (χ1v) is 15.6. The topological polar surface area (TPSA) is 88.3 Å². The van der Waals surface area contributed by atoms with Gasteiger partial charge in [0.1, 0.15) is 22.2 Å². The maximum Gasteiger partial charge on any atom is 0.255 e. The molecule has 2 amide bonds. The molecule has 0 saturated carbocycles. The third-order valence-corrected chi connectivity index (χ3v) is 9.85. The Hall–Kier alpha value is -4.44. The molecule has 7 rings (SSSR count). The average molecular weight is 613 g/mol. The Morgan fingerprint density at radius 3 is 2.61 bits per heavy atom. The fraction of sp³-hybridized carbons (Fsp3) is 0.294. The maximum absolute atomic E-state index is 15.7. The number of hydrogen-bond acceptors (Lipinski definition) is 6. The van der Waals surface area contributed by atoms with Gasteiger partial charge in [-0.05, 0) is 68.5 Å². The van der Waals surface area contributed by atoms with E-state index in [1.807, 2.05) is 19.1 Å². The number of anilines is 1. The summed E-state index contributed by atoms with van der Waals surface area (Å²) in [5.41, 5.74) is 3.25. The highest BCUT2D eigenvalue weighted by molar-refractivity contribution is 7.15. The molecule has 1 aliphatic carbocycles. The van der Waals surface area contributed by atoms with Crippen molar-refractivity contribution in [3.05, 3.63) is 76.8 Å². The van der Waals surface area contributed by atoms with Gasteiger partial charge in [-0.1, -0.05) is 6.92 Å². The van der Waals surface area contributed by atoms with Crippen LogP contribution in [0.3, 0.4) is 0 Å². The molecular formula is C34H30F2N4O3S. The Balaban J connectivity index is 1.42. The molecule has 44 heavy (non-hydrogen) atoms. The second kappa shape index (κ2) is 10.9. The van der Waals surface area contributed by atoms with E-state index in [-0.39, 0.29) is 11.8 Å². The van der Waals surface area contributed by atoms with Crippen LogP contribution in [0.15, 0.2) is 59.3 Å². The Bertz CT molecular complexity index is 1930. The summed E-state index contributed by atoms with van der Waals surface area (Å²) in [5, 5.41) is 3.95. The molecule has 10 heteroatoms. The number of aryl methyl sites for hydroxylation is 1. The summed E-state index contributed by atoms with van der Waals surface area (Å²) < 4.78 is 35.7. The predicted octanol–water partition coefficient (Wildman–Crippen LogP) is 7.82. The molecule has 7 nitrogen and oxygen atoms in total. The highest BCUT2D eigenvalue weighted by atomic mass is 32.1. The van der Waals surface area contributed by atoms with Crippen LogP contribution in [0.2, 0.25) is 0 Å². The summed E-state index contributed by atoms with van der Waals surface area (Å²) in [7, 11) is 1.54. The first-order chi connectivity index (χ1) is 21.3. The summed E-state index contributed by atoms with van der Waals surface area (Å²) in [5.74, 6) is -0.451. The lowest BCUT2D eigenvalue weighted by molar-refractivity contribution is -0.117. The molecule has 1 unspecified atom stereocenters. The van der Waals surface area contributed by atoms with Crippen LogP contribution in [-0.4, -0.2) is 35.4 Å². The average Bonchev–Trinajstić information content (AvgIpc) is 3.77. The van der Waals surface area contributed by atoms with Crippen LogP contribution in [-0.2, 0) is 16.9 Å². The molecule has 1 atom stereocenters. The molecule has 2 aromatic carbocycles. The molecule has 1 aliphatic heterocycles. The van der Waals surface area contributed by atoms with Crippen molar-refractivity contribution in [2.75, 3.05) is 18.5 Å². The maximum atomic E-state index is 15.7. The molecule has 0 spiro atoms. The lowest BCUT2D eigenvalue weighted by Gasteiger charge is -2.27. The SMILES string of the molecule is CCC1(F)CCCc2sc(-c3cncc(-c4cc5c(C(=O)NC)c(-c6ccc(F)cc6)oc5cc4N4CCCC4=O)c3)nc21. The Labute approximate surface area is 256 Å². The summed E-state index contributed by atoms with van der Waals surface area (Å²) in [6.07, 6.45) is 7.06. The third-order valence-electron chi connectivity index (χ3n) is 8.69. The van der Waals surface area contributed by atoms with Gasteiger partial charge in [0.05, 0.1) is 16.9 Å². The van der Waals surface area contributed by atoms with Gasteiger partial charge in [-0.25, -0.2) is 13.8 Å². The molecule has 1 fully saturated rings. The highest BCUT2D eigenvalue weighted by Crippen LogP contribution is 2.46. The molecule has 5 aromatic rings. The van der Waals surface area contributed by atoms with E-state index in [1.165, 1.54) is 23.5 Å². The van der Waals surface area contributed by atoms with Crippen molar-refractivity contribution in [2.24, 2.45) is 0 Å². The van der Waals surface area contributed by atoms with Crippen molar-refractivity contribution < 1.29 is 22.8 Å². The number of carbonyl (C=O) groups excluding carboxylic acids is 2. The van der Waals surface area contributed by atoms with Gasteiger partial charge >= 0.3 is 0 Å². The highest BCUT2D eigenvalue weighted by Gasteiger charge is 2.38. The molecule has 0 bridgehead atoms. The van der Waals surface area contributed by atoms with Crippen LogP contribution in [0, 0.1) is 5.82 Å². The number of hydrogen-bond donors (Lipinski definition) is 1. The number of amides is 2. The van der Waals surface area contributed by atoms with Crippen molar-refractivity contribution >= 4 is 39.8 Å². The monoisotopic (exact) mass is 612 g/mol. The zero-order valence-corrected chi connectivity index (χ0v) is 25.2. The number of aromatic nitrogens is 2. The zero-order chi connectivity index (χ0) is 30.6. The molecule has 4 heterocycles. The lowest BCUT2D eigenvalue weighted by atomic mass is 9.86. The van der Waals surface area contributed by atoms with Crippen molar-refractivity contribution in [1.29, 1.82) is 0 Å². The number of halogens is 2. The first kappa shape index (κ1) is 28.3. The van der Waals surface area contributed by atoms with Gasteiger partial charge in [-0.15, -0.1) is 11.3 Å². The van der Waals surface area contributed by atoms with Crippen molar-refractivity contribution in [3.63, 3.8) is 0 Å². The van der Waals surface area contributed by atoms with Crippen LogP contribution < -0.4 is 10.2 Å². The minimum atomic E-state index is -1.42. The van der Waals surface area contributed by atoms with Crippen molar-refractivity contribution in [3.8, 4) is 33.0 Å². The van der Waals surface area contributed by atoms with Crippen LogP contribution in [0.25, 0.3) is 44.0 Å². The number of nitrogens with one attached hydrogen (secondary N) is 1. The molecule has 1 saturated heterocycles. The normalized spacial score (nSPS) is 18.2. The fourth-order valence-electron chi connectivity index (χ4n) is 6.34. The van der Waals surface area contributed by atoms with Gasteiger partial charge in [-0.2, -0.15) is 0 Å². The minimum Gasteiger partial charge on any atom is -0.455 e. The molecule has 3 aromatic heterocycles. The van der Waals surface area contributed by atoms with E-state index in [2.05, 4.69) is 10.3 Å². The first-order valence-electron chi connectivity index (χ1n) is 14.8. The summed E-state index contributed by atoms with van der Waals surface area (Å²) in [6.45, 7) is 2.41. The van der Waals surface area contributed by atoms with E-state index in [4.69, 9.17) is 9.40 Å². The van der Waals surface area contributed by atoms with Gasteiger partial charge in [0.25, 0.3) is 5.91 Å². The minimum absolute atomic E-state index is 0.00185. The summed E-state index contributed by atoms with van der Waals surface area (Å²) >= 11 is 1.50. The smallest absolute Gasteiger partial charge is 0.255 e. The van der Waals surface area contributed by atoms with Gasteiger partial charge in [0.15, 0.2) is 5.67 Å². The van der Waals surface area contributed by atoms with Gasteiger partial charge in [-0.3, -0.25) is 14.6 Å². The number of rotatable bonds is 6. The van der Waals surface area contributed by atoms with E-state index in [0.29, 0.717) is 75.6 Å². The second-order valence-corrected chi connectivity index (χ2v) is 12.4. The standard InChI is InChI=1S/C34H30F2N4O3S/c1-3-34(36)12-4-6-27-31(34)39-33(44-27)21-14-20(17-38-18-21)23-15-24-26(16-25(23)40-13-5-7-28(40)41)43-30(29(24)32(42)37-2)19-8-10-22(35)11-9-19/h8-11,14-18H,3-7,12-13H2,1-2H3,(H,37,42). The zero-order valence-electron chi connectivity index (χ0n) is 24.4. The predicted molar refractivity (Wildman–Crippen MR) is 167 cm³/mol. The number of alkyl halides is 1.